The molecule has 0 unspecified atom stereocenters. The molecule has 1 N–H and O–H groups in total. The summed E-state index contributed by atoms with van der Waals surface area (Å²) in [5.41, 5.74) is 0.391. The highest BCUT2D eigenvalue weighted by Gasteiger charge is 2.15. The number of halogens is 2. The van der Waals surface area contributed by atoms with Crippen molar-refractivity contribution >= 4 is 27.3 Å². The van der Waals surface area contributed by atoms with Gasteiger partial charge in [-0.3, -0.25) is 4.72 Å². The molecule has 2 aromatic carbocycles. The normalized spacial score (nSPS) is 11.3. The van der Waals surface area contributed by atoms with Crippen LogP contribution in [0.2, 0.25) is 5.02 Å². The highest BCUT2D eigenvalue weighted by Crippen LogP contribution is 2.22. The molecule has 3 nitrogen and oxygen atoms in total. The molecule has 0 aliphatic rings. The molecule has 2 rings (SSSR count). The van der Waals surface area contributed by atoms with Crippen LogP contribution < -0.4 is 4.72 Å². The van der Waals surface area contributed by atoms with Gasteiger partial charge in [-0.1, -0.05) is 41.9 Å². The Morgan fingerprint density at radius 1 is 1.05 bits per heavy atom. The quantitative estimate of drug-likeness (QED) is 0.940. The third kappa shape index (κ3) is 3.68. The summed E-state index contributed by atoms with van der Waals surface area (Å²) in [4.78, 5) is 0. The number of sulfonamides is 1. The molecule has 0 atom stereocenters. The summed E-state index contributed by atoms with van der Waals surface area (Å²) in [5.74, 6) is -0.989. The van der Waals surface area contributed by atoms with Gasteiger partial charge < -0.3 is 0 Å². The molecule has 0 saturated heterocycles. The Morgan fingerprint density at radius 3 is 2.37 bits per heavy atom. The minimum Gasteiger partial charge on any atom is -0.282 e. The molecule has 0 aliphatic carbocycles. The lowest BCUT2D eigenvalue weighted by molar-refractivity contribution is 0.591. The molecule has 0 amide bonds. The highest BCUT2D eigenvalue weighted by atomic mass is 35.5. The van der Waals surface area contributed by atoms with E-state index in [9.17, 15) is 12.8 Å². The van der Waals surface area contributed by atoms with Crippen molar-refractivity contribution in [3.8, 4) is 0 Å². The van der Waals surface area contributed by atoms with E-state index < -0.39 is 21.6 Å². The molecule has 0 aromatic heterocycles. The first kappa shape index (κ1) is 13.8. The third-order valence-corrected chi connectivity index (χ3v) is 3.99. The Kier molecular flexibility index (Phi) is 4.07. The predicted molar refractivity (Wildman–Crippen MR) is 74.1 cm³/mol. The van der Waals surface area contributed by atoms with Crippen LogP contribution in [0, 0.1) is 5.82 Å². The third-order valence-electron chi connectivity index (χ3n) is 2.44. The van der Waals surface area contributed by atoms with Crippen molar-refractivity contribution < 1.29 is 12.8 Å². The number of hydrogen-bond acceptors (Lipinski definition) is 2. The predicted octanol–water partition coefficient (Wildman–Crippen LogP) is 3.42. The van der Waals surface area contributed by atoms with Gasteiger partial charge in [0, 0.05) is 5.56 Å². The van der Waals surface area contributed by atoms with E-state index in [2.05, 4.69) is 4.72 Å². The average Bonchev–Trinajstić information content (AvgIpc) is 2.35. The summed E-state index contributed by atoms with van der Waals surface area (Å²) < 4.78 is 39.6. The van der Waals surface area contributed by atoms with E-state index in [1.165, 1.54) is 18.2 Å². The Labute approximate surface area is 116 Å². The van der Waals surface area contributed by atoms with Crippen molar-refractivity contribution in [2.45, 2.75) is 5.75 Å². The number of nitrogens with one attached hydrogen (secondary N) is 1. The number of benzene rings is 2. The van der Waals surface area contributed by atoms with Crippen LogP contribution in [0.4, 0.5) is 10.1 Å². The summed E-state index contributed by atoms with van der Waals surface area (Å²) in [6, 6.07) is 12.2. The highest BCUT2D eigenvalue weighted by molar-refractivity contribution is 7.91. The van der Waals surface area contributed by atoms with Gasteiger partial charge in [0.1, 0.15) is 5.82 Å². The molecule has 0 bridgehead atoms. The Balaban J connectivity index is 2.21. The Morgan fingerprint density at radius 2 is 1.68 bits per heavy atom. The molecule has 0 aliphatic heterocycles. The number of rotatable bonds is 4. The van der Waals surface area contributed by atoms with Gasteiger partial charge in [-0.05, 0) is 18.2 Å². The molecule has 100 valence electrons. The standard InChI is InChI=1S/C13H11ClFNO2S/c14-11-6-2-4-8-13(11)16-19(17,18)9-10-5-1-3-7-12(10)15/h1-8,16H,9H2. The lowest BCUT2D eigenvalue weighted by atomic mass is 10.2. The summed E-state index contributed by atoms with van der Waals surface area (Å²) in [6.45, 7) is 0. The zero-order chi connectivity index (χ0) is 13.9. The van der Waals surface area contributed by atoms with Crippen LogP contribution >= 0.6 is 11.6 Å². The van der Waals surface area contributed by atoms with E-state index in [4.69, 9.17) is 11.6 Å². The van der Waals surface area contributed by atoms with Gasteiger partial charge in [0.25, 0.3) is 0 Å². The average molecular weight is 300 g/mol. The fourth-order valence-electron chi connectivity index (χ4n) is 1.57. The van der Waals surface area contributed by atoms with Crippen molar-refractivity contribution in [3.63, 3.8) is 0 Å². The second-order valence-electron chi connectivity index (χ2n) is 3.93. The SMILES string of the molecule is O=S(=O)(Cc1ccccc1F)Nc1ccccc1Cl. The van der Waals surface area contributed by atoms with Crippen molar-refractivity contribution in [2.24, 2.45) is 0 Å². The monoisotopic (exact) mass is 299 g/mol. The van der Waals surface area contributed by atoms with Crippen LogP contribution in [0.5, 0.6) is 0 Å². The smallest absolute Gasteiger partial charge is 0.237 e. The van der Waals surface area contributed by atoms with Crippen molar-refractivity contribution in [3.05, 3.63) is 64.9 Å². The minimum absolute atomic E-state index is 0.113. The molecular formula is C13H11ClFNO2S. The zero-order valence-corrected chi connectivity index (χ0v) is 11.4. The summed E-state index contributed by atoms with van der Waals surface area (Å²) in [5, 5.41) is 0.291. The second kappa shape index (κ2) is 5.59. The lowest BCUT2D eigenvalue weighted by Gasteiger charge is -2.09. The van der Waals surface area contributed by atoms with E-state index in [-0.39, 0.29) is 11.3 Å². The van der Waals surface area contributed by atoms with Crippen molar-refractivity contribution in [1.82, 2.24) is 0 Å². The number of anilines is 1. The Bertz CT molecular complexity index is 635. The molecule has 0 spiro atoms. The first-order valence-electron chi connectivity index (χ1n) is 5.46. The molecule has 0 saturated carbocycles. The summed E-state index contributed by atoms with van der Waals surface area (Å²) in [7, 11) is -3.71. The van der Waals surface area contributed by atoms with E-state index in [1.807, 2.05) is 0 Å². The second-order valence-corrected chi connectivity index (χ2v) is 6.06. The van der Waals surface area contributed by atoms with Gasteiger partial charge in [-0.25, -0.2) is 12.8 Å². The van der Waals surface area contributed by atoms with E-state index >= 15 is 0 Å². The van der Waals surface area contributed by atoms with Crippen LogP contribution in [0.25, 0.3) is 0 Å². The first-order valence-corrected chi connectivity index (χ1v) is 7.49. The molecule has 0 heterocycles. The zero-order valence-electron chi connectivity index (χ0n) is 9.81. The number of para-hydroxylation sites is 1. The van der Waals surface area contributed by atoms with Gasteiger partial charge in [-0.15, -0.1) is 0 Å². The lowest BCUT2D eigenvalue weighted by Crippen LogP contribution is -2.16. The Hall–Kier alpha value is -1.59. The van der Waals surface area contributed by atoms with E-state index in [1.54, 1.807) is 30.3 Å². The van der Waals surface area contributed by atoms with Gasteiger partial charge >= 0.3 is 0 Å². The van der Waals surface area contributed by atoms with Crippen molar-refractivity contribution in [2.75, 3.05) is 4.72 Å². The van der Waals surface area contributed by atoms with Crippen molar-refractivity contribution in [1.29, 1.82) is 0 Å². The van der Waals surface area contributed by atoms with Crippen LogP contribution in [0.15, 0.2) is 48.5 Å². The largest absolute Gasteiger partial charge is 0.282 e. The maximum absolute atomic E-state index is 13.4. The molecule has 6 heteroatoms. The molecule has 2 aromatic rings. The minimum atomic E-state index is -3.71. The first-order chi connectivity index (χ1) is 8.98. The summed E-state index contributed by atoms with van der Waals surface area (Å²) >= 11 is 5.86. The fourth-order valence-corrected chi connectivity index (χ4v) is 3.04. The van der Waals surface area contributed by atoms with Crippen LogP contribution in [0.3, 0.4) is 0 Å². The molecule has 19 heavy (non-hydrogen) atoms. The van der Waals surface area contributed by atoms with Gasteiger partial charge in [-0.2, -0.15) is 0 Å². The van der Waals surface area contributed by atoms with E-state index in [0.717, 1.165) is 0 Å². The molecule has 0 radical (unpaired) electrons. The van der Waals surface area contributed by atoms with Gasteiger partial charge in [0.15, 0.2) is 0 Å². The van der Waals surface area contributed by atoms with Gasteiger partial charge in [0.05, 0.1) is 16.5 Å². The van der Waals surface area contributed by atoms with E-state index in [0.29, 0.717) is 5.02 Å². The topological polar surface area (TPSA) is 46.2 Å². The summed E-state index contributed by atoms with van der Waals surface area (Å²) in [6.07, 6.45) is 0. The maximum Gasteiger partial charge on any atom is 0.237 e. The molecule has 0 fully saturated rings. The molecular weight excluding hydrogens is 289 g/mol. The van der Waals surface area contributed by atoms with Crippen LogP contribution in [-0.2, 0) is 15.8 Å². The maximum atomic E-state index is 13.4. The fraction of sp³-hybridized carbons (Fsp3) is 0.0769. The number of hydrogen-bond donors (Lipinski definition) is 1. The van der Waals surface area contributed by atoms with Gasteiger partial charge in [0.2, 0.25) is 10.0 Å². The van der Waals surface area contributed by atoms with Crippen LogP contribution in [0.1, 0.15) is 5.56 Å². The van der Waals surface area contributed by atoms with Crippen LogP contribution in [-0.4, -0.2) is 8.42 Å².